The summed E-state index contributed by atoms with van der Waals surface area (Å²) < 4.78 is 5.92. The van der Waals surface area contributed by atoms with Crippen LogP contribution in [0.5, 0.6) is 5.75 Å². The van der Waals surface area contributed by atoms with Gasteiger partial charge in [0.1, 0.15) is 17.5 Å². The highest BCUT2D eigenvalue weighted by Crippen LogP contribution is 2.47. The van der Waals surface area contributed by atoms with Gasteiger partial charge in [0.15, 0.2) is 0 Å². The quantitative estimate of drug-likeness (QED) is 0.234. The third-order valence-corrected chi connectivity index (χ3v) is 7.65. The minimum Gasteiger partial charge on any atom is -0.494 e. The molecule has 1 aliphatic carbocycles. The lowest BCUT2D eigenvalue weighted by molar-refractivity contribution is -0.150. The standard InChI is InChI=1S/C33H38N2O5/c1-5-6-18-40-24-15-11-14-23(19-24)28-29(31(37)34-25-16-9-7-12-21(25)2)27(36)20-33(4,39)30(28)32(38)35-26-17-10-8-13-22(26)3/h7-17,19,28-30,39H,5-6,18,20H2,1-4H3,(H,34,37)(H,35,38). The summed E-state index contributed by atoms with van der Waals surface area (Å²) >= 11 is 0. The fraction of sp³-hybridized carbons (Fsp3) is 0.364. The first-order chi connectivity index (χ1) is 19.1. The van der Waals surface area contributed by atoms with Gasteiger partial charge in [0.2, 0.25) is 11.8 Å². The lowest BCUT2D eigenvalue weighted by Crippen LogP contribution is -2.56. The number of carbonyl (C=O) groups is 3. The Balaban J connectivity index is 1.78. The second-order valence-corrected chi connectivity index (χ2v) is 10.9. The summed E-state index contributed by atoms with van der Waals surface area (Å²) in [6, 6.07) is 21.8. The van der Waals surface area contributed by atoms with E-state index in [0.29, 0.717) is 29.3 Å². The summed E-state index contributed by atoms with van der Waals surface area (Å²) in [6.07, 6.45) is 1.53. The molecular formula is C33H38N2O5. The molecule has 4 atom stereocenters. The van der Waals surface area contributed by atoms with E-state index in [2.05, 4.69) is 17.6 Å². The van der Waals surface area contributed by atoms with Gasteiger partial charge < -0.3 is 20.5 Å². The second-order valence-electron chi connectivity index (χ2n) is 10.9. The van der Waals surface area contributed by atoms with Crippen molar-refractivity contribution in [2.45, 2.75) is 58.5 Å². The highest BCUT2D eigenvalue weighted by atomic mass is 16.5. The number of ketones is 1. The van der Waals surface area contributed by atoms with E-state index in [1.807, 2.05) is 56.3 Å². The Kier molecular flexibility index (Phi) is 9.05. The van der Waals surface area contributed by atoms with Gasteiger partial charge in [-0.25, -0.2) is 0 Å². The van der Waals surface area contributed by atoms with Gasteiger partial charge in [-0.2, -0.15) is 0 Å². The van der Waals surface area contributed by atoms with E-state index in [-0.39, 0.29) is 6.42 Å². The molecule has 210 valence electrons. The maximum atomic E-state index is 14.0. The van der Waals surface area contributed by atoms with E-state index in [1.165, 1.54) is 6.92 Å². The number of hydrogen-bond donors (Lipinski definition) is 3. The Morgan fingerprint density at radius 1 is 0.925 bits per heavy atom. The monoisotopic (exact) mass is 542 g/mol. The minimum atomic E-state index is -1.69. The van der Waals surface area contributed by atoms with Crippen LogP contribution >= 0.6 is 0 Å². The van der Waals surface area contributed by atoms with E-state index < -0.39 is 41.0 Å². The van der Waals surface area contributed by atoms with Gasteiger partial charge in [0, 0.05) is 23.7 Å². The third kappa shape index (κ3) is 6.42. The van der Waals surface area contributed by atoms with Crippen LogP contribution in [0.2, 0.25) is 0 Å². The van der Waals surface area contributed by atoms with Crippen LogP contribution in [0.1, 0.15) is 55.7 Å². The molecule has 3 N–H and O–H groups in total. The molecule has 7 nitrogen and oxygen atoms in total. The molecule has 1 saturated carbocycles. The Bertz CT molecular complexity index is 1380. The number of amides is 2. The number of aliphatic hydroxyl groups is 1. The number of Topliss-reactive ketones (excluding diaryl/α,β-unsaturated/α-hetero) is 1. The predicted molar refractivity (Wildman–Crippen MR) is 156 cm³/mol. The van der Waals surface area contributed by atoms with Crippen LogP contribution in [0.4, 0.5) is 11.4 Å². The third-order valence-electron chi connectivity index (χ3n) is 7.65. The first-order valence-electron chi connectivity index (χ1n) is 13.8. The second kappa shape index (κ2) is 12.5. The molecule has 0 saturated heterocycles. The number of carbonyl (C=O) groups excluding carboxylic acids is 3. The highest BCUT2D eigenvalue weighted by molar-refractivity contribution is 6.10. The number of para-hydroxylation sites is 2. The van der Waals surface area contributed by atoms with E-state index >= 15 is 0 Å². The zero-order valence-electron chi connectivity index (χ0n) is 23.6. The number of nitrogens with one attached hydrogen (secondary N) is 2. The molecule has 7 heteroatoms. The molecule has 1 fully saturated rings. The fourth-order valence-corrected chi connectivity index (χ4v) is 5.49. The molecule has 2 amide bonds. The van der Waals surface area contributed by atoms with Crippen molar-refractivity contribution < 1.29 is 24.2 Å². The van der Waals surface area contributed by atoms with Gasteiger partial charge in [-0.3, -0.25) is 14.4 Å². The Morgan fingerprint density at radius 2 is 1.52 bits per heavy atom. The first kappa shape index (κ1) is 29.0. The smallest absolute Gasteiger partial charge is 0.235 e. The van der Waals surface area contributed by atoms with Gasteiger partial charge in [-0.05, 0) is 68.1 Å². The molecule has 4 rings (SSSR count). The molecule has 0 bridgehead atoms. The lowest BCUT2D eigenvalue weighted by atomic mass is 9.61. The number of hydrogen-bond acceptors (Lipinski definition) is 5. The van der Waals surface area contributed by atoms with E-state index in [1.54, 1.807) is 30.3 Å². The van der Waals surface area contributed by atoms with E-state index in [4.69, 9.17) is 4.74 Å². The number of aryl methyl sites for hydroxylation is 2. The Morgan fingerprint density at radius 3 is 2.12 bits per heavy atom. The van der Waals surface area contributed by atoms with Gasteiger partial charge in [-0.15, -0.1) is 0 Å². The topological polar surface area (TPSA) is 105 Å². The van der Waals surface area contributed by atoms with Crippen LogP contribution in [0, 0.1) is 25.7 Å². The van der Waals surface area contributed by atoms with Crippen molar-refractivity contribution in [2.75, 3.05) is 17.2 Å². The molecule has 1 aliphatic rings. The van der Waals surface area contributed by atoms with Crippen LogP contribution in [-0.4, -0.2) is 34.9 Å². The average molecular weight is 543 g/mol. The van der Waals surface area contributed by atoms with Gasteiger partial charge in [-0.1, -0.05) is 61.9 Å². The summed E-state index contributed by atoms with van der Waals surface area (Å²) in [7, 11) is 0. The number of rotatable bonds is 9. The van der Waals surface area contributed by atoms with Crippen molar-refractivity contribution in [3.63, 3.8) is 0 Å². The van der Waals surface area contributed by atoms with Crippen LogP contribution in [0.3, 0.4) is 0 Å². The van der Waals surface area contributed by atoms with Crippen molar-refractivity contribution in [3.8, 4) is 5.75 Å². The lowest BCUT2D eigenvalue weighted by Gasteiger charge is -2.44. The summed E-state index contributed by atoms with van der Waals surface area (Å²) in [4.78, 5) is 41.4. The summed E-state index contributed by atoms with van der Waals surface area (Å²) in [6.45, 7) is 7.85. The first-order valence-corrected chi connectivity index (χ1v) is 13.8. The van der Waals surface area contributed by atoms with Gasteiger partial charge >= 0.3 is 0 Å². The molecule has 0 aliphatic heterocycles. The van der Waals surface area contributed by atoms with Crippen molar-refractivity contribution in [2.24, 2.45) is 11.8 Å². The SMILES string of the molecule is CCCCOc1cccc(C2C(C(=O)Nc3ccccc3C)C(=O)CC(C)(O)C2C(=O)Nc2ccccc2C)c1. The largest absolute Gasteiger partial charge is 0.494 e. The van der Waals surface area contributed by atoms with Crippen molar-refractivity contribution in [1.82, 2.24) is 0 Å². The maximum absolute atomic E-state index is 14.0. The summed E-state index contributed by atoms with van der Waals surface area (Å²) in [5.74, 6) is -4.02. The molecule has 0 radical (unpaired) electrons. The molecule has 0 spiro atoms. The molecule has 3 aromatic rings. The number of benzene rings is 3. The van der Waals surface area contributed by atoms with Crippen molar-refractivity contribution in [3.05, 3.63) is 89.5 Å². The van der Waals surface area contributed by atoms with Crippen LogP contribution in [0.25, 0.3) is 0 Å². The predicted octanol–water partition coefficient (Wildman–Crippen LogP) is 5.80. The molecular weight excluding hydrogens is 504 g/mol. The number of unbranched alkanes of at least 4 members (excludes halogenated alkanes) is 1. The Labute approximate surface area is 236 Å². The van der Waals surface area contributed by atoms with Gasteiger partial charge in [0.25, 0.3) is 0 Å². The zero-order valence-corrected chi connectivity index (χ0v) is 23.6. The van der Waals surface area contributed by atoms with Crippen molar-refractivity contribution >= 4 is 29.0 Å². The zero-order chi connectivity index (χ0) is 28.9. The maximum Gasteiger partial charge on any atom is 0.235 e. The summed E-state index contributed by atoms with van der Waals surface area (Å²) in [5, 5.41) is 17.4. The molecule has 0 heterocycles. The number of ether oxygens (including phenoxy) is 1. The molecule has 40 heavy (non-hydrogen) atoms. The normalized spacial score (nSPS) is 22.4. The van der Waals surface area contributed by atoms with Crippen molar-refractivity contribution in [1.29, 1.82) is 0 Å². The number of anilines is 2. The molecule has 3 aromatic carbocycles. The highest BCUT2D eigenvalue weighted by Gasteiger charge is 2.56. The van der Waals surface area contributed by atoms with Crippen LogP contribution in [-0.2, 0) is 14.4 Å². The van der Waals surface area contributed by atoms with Crippen LogP contribution < -0.4 is 15.4 Å². The van der Waals surface area contributed by atoms with E-state index in [9.17, 15) is 19.5 Å². The van der Waals surface area contributed by atoms with Crippen LogP contribution in [0.15, 0.2) is 72.8 Å². The Hall–Kier alpha value is -3.97. The fourth-order valence-electron chi connectivity index (χ4n) is 5.49. The average Bonchev–Trinajstić information content (AvgIpc) is 2.90. The summed E-state index contributed by atoms with van der Waals surface area (Å²) in [5.41, 5.74) is 1.80. The minimum absolute atomic E-state index is 0.325. The molecule has 4 unspecified atom stereocenters. The van der Waals surface area contributed by atoms with E-state index in [0.717, 1.165) is 24.0 Å². The molecule has 0 aromatic heterocycles. The van der Waals surface area contributed by atoms with Gasteiger partial charge in [0.05, 0.1) is 18.1 Å².